The predicted octanol–water partition coefficient (Wildman–Crippen LogP) is 3.39. The molecule has 0 aliphatic rings. The third kappa shape index (κ3) is 7.29. The van der Waals surface area contributed by atoms with Crippen molar-refractivity contribution in [1.29, 1.82) is 0 Å². The molecular formula is C13H17FOU2. The van der Waals surface area contributed by atoms with E-state index in [2.05, 4.69) is 13.0 Å². The molecular weight excluding hydrogens is 667 g/mol. The first-order valence-electron chi connectivity index (χ1n) is 4.65. The molecule has 0 unspecified atom stereocenters. The molecule has 0 atom stereocenters. The van der Waals surface area contributed by atoms with Gasteiger partial charge in [0.05, 0.1) is 0 Å². The summed E-state index contributed by atoms with van der Waals surface area (Å²) in [5.74, 6) is -0.298. The summed E-state index contributed by atoms with van der Waals surface area (Å²) in [4.78, 5) is 0. The van der Waals surface area contributed by atoms with E-state index < -0.39 is 0 Å². The molecule has 90 valence electrons. The van der Waals surface area contributed by atoms with Gasteiger partial charge in [-0.25, -0.2) is 0 Å². The van der Waals surface area contributed by atoms with Crippen LogP contribution in [0.3, 0.4) is 0 Å². The zero-order valence-electron chi connectivity index (χ0n) is 10.6. The van der Waals surface area contributed by atoms with E-state index in [1.807, 2.05) is 6.92 Å². The van der Waals surface area contributed by atoms with E-state index in [1.54, 1.807) is 13.0 Å². The van der Waals surface area contributed by atoms with Crippen LogP contribution < -0.4 is 0 Å². The van der Waals surface area contributed by atoms with Gasteiger partial charge in [0.25, 0.3) is 0 Å². The number of ether oxygens (including phenoxy) is 1. The van der Waals surface area contributed by atoms with E-state index in [-0.39, 0.29) is 75.5 Å². The molecule has 0 heterocycles. The Labute approximate surface area is 152 Å². The van der Waals surface area contributed by atoms with Gasteiger partial charge in [-0.05, 0) is 0 Å². The van der Waals surface area contributed by atoms with Crippen LogP contribution in [0.15, 0.2) is 12.1 Å². The fourth-order valence-corrected chi connectivity index (χ4v) is 1.22. The van der Waals surface area contributed by atoms with E-state index in [0.29, 0.717) is 18.3 Å². The minimum absolute atomic E-state index is 0. The quantitative estimate of drug-likeness (QED) is 0.443. The molecule has 0 fully saturated rings. The average Bonchev–Trinajstić information content (AvgIpc) is 2.19. The SMILES string of the molecule is [CH2-]CO[C-](C)c1cc(CC)[c-]cc1F.[CH3-].[U+2].[U+2]. The van der Waals surface area contributed by atoms with E-state index in [4.69, 9.17) is 4.74 Å². The van der Waals surface area contributed by atoms with Crippen molar-refractivity contribution < 1.29 is 71.4 Å². The molecule has 0 aliphatic heterocycles. The molecule has 4 heteroatoms. The van der Waals surface area contributed by atoms with Gasteiger partial charge in [-0.1, -0.05) is 33.0 Å². The molecule has 17 heavy (non-hydrogen) atoms. The molecule has 0 amide bonds. The van der Waals surface area contributed by atoms with Crippen molar-refractivity contribution in [2.24, 2.45) is 0 Å². The largest absolute Gasteiger partial charge is 2.00 e. The van der Waals surface area contributed by atoms with Gasteiger partial charge in [-0.3, -0.25) is 4.39 Å². The summed E-state index contributed by atoms with van der Waals surface area (Å²) in [5.41, 5.74) is 1.48. The number of aryl methyl sites for hydroxylation is 1. The summed E-state index contributed by atoms with van der Waals surface area (Å²) >= 11 is 0. The normalized spacial score (nSPS) is 8.47. The van der Waals surface area contributed by atoms with E-state index in [9.17, 15) is 4.39 Å². The maximum absolute atomic E-state index is 13.3. The van der Waals surface area contributed by atoms with Crippen LogP contribution in [0.2, 0.25) is 0 Å². The minimum Gasteiger partial charge on any atom is -0.443 e. The predicted molar refractivity (Wildman–Crippen MR) is 60.4 cm³/mol. The van der Waals surface area contributed by atoms with Crippen molar-refractivity contribution in [3.8, 4) is 0 Å². The third-order valence-corrected chi connectivity index (χ3v) is 2.04. The zero-order valence-corrected chi connectivity index (χ0v) is 18.9. The Hall–Kier alpha value is 1.08. The number of hydrogen-bond acceptors (Lipinski definition) is 1. The van der Waals surface area contributed by atoms with Gasteiger partial charge in [0.15, 0.2) is 0 Å². The average molecular weight is 684 g/mol. The summed E-state index contributed by atoms with van der Waals surface area (Å²) in [5, 5.41) is 0. The summed E-state index contributed by atoms with van der Waals surface area (Å²) in [6.07, 6.45) is 1.41. The zero-order chi connectivity index (χ0) is 10.6. The standard InChI is InChI=1S/C12H14FO.CH3.2U/c1-4-10-6-7-12(13)11(8-10)9(3)14-5-2;;;/h7-8H,2,4-5H2,1,3H3;1H3;;/q-3;-1;2*+2. The Balaban J connectivity index is -0.000000653. The summed E-state index contributed by atoms with van der Waals surface area (Å²) in [7, 11) is 0. The summed E-state index contributed by atoms with van der Waals surface area (Å²) in [6.45, 7) is 7.61. The molecule has 0 N–H and O–H groups in total. The van der Waals surface area contributed by atoms with Crippen molar-refractivity contribution in [2.45, 2.75) is 20.3 Å². The summed E-state index contributed by atoms with van der Waals surface area (Å²) < 4.78 is 18.5. The van der Waals surface area contributed by atoms with Crippen LogP contribution in [-0.4, -0.2) is 6.61 Å². The van der Waals surface area contributed by atoms with Gasteiger partial charge in [0.1, 0.15) is 0 Å². The Morgan fingerprint density at radius 2 is 2.06 bits per heavy atom. The summed E-state index contributed by atoms with van der Waals surface area (Å²) in [6, 6.07) is 5.98. The van der Waals surface area contributed by atoms with Crippen molar-refractivity contribution in [2.75, 3.05) is 6.61 Å². The first kappa shape index (κ1) is 23.2. The van der Waals surface area contributed by atoms with Crippen LogP contribution in [-0.2, 0) is 11.2 Å². The van der Waals surface area contributed by atoms with Crippen molar-refractivity contribution in [3.63, 3.8) is 0 Å². The van der Waals surface area contributed by atoms with Crippen LogP contribution in [0.5, 0.6) is 0 Å². The molecule has 1 aromatic rings. The second-order valence-electron chi connectivity index (χ2n) is 2.98. The van der Waals surface area contributed by atoms with Gasteiger partial charge in [0.2, 0.25) is 0 Å². The fraction of sp³-hybridized carbons (Fsp3) is 0.308. The second kappa shape index (κ2) is 12.1. The third-order valence-electron chi connectivity index (χ3n) is 2.04. The molecule has 0 saturated carbocycles. The minimum atomic E-state index is -0.298. The number of halogens is 1. The molecule has 0 aromatic heterocycles. The van der Waals surface area contributed by atoms with Crippen molar-refractivity contribution in [3.05, 3.63) is 55.6 Å². The van der Waals surface area contributed by atoms with Crippen LogP contribution in [0.4, 0.5) is 4.39 Å². The molecule has 1 nitrogen and oxygen atoms in total. The van der Waals surface area contributed by atoms with Crippen molar-refractivity contribution in [1.82, 2.24) is 0 Å². The van der Waals surface area contributed by atoms with E-state index >= 15 is 0 Å². The van der Waals surface area contributed by atoms with E-state index in [0.717, 1.165) is 12.0 Å². The number of benzene rings is 1. The first-order valence-corrected chi connectivity index (χ1v) is 4.65. The molecule has 1 rings (SSSR count). The number of hydrogen-bond donors (Lipinski definition) is 0. The van der Waals surface area contributed by atoms with Gasteiger partial charge in [-0.2, -0.15) is 17.7 Å². The molecule has 0 saturated heterocycles. The molecule has 0 radical (unpaired) electrons. The Bertz CT molecular complexity index is 305. The molecule has 0 aliphatic carbocycles. The second-order valence-corrected chi connectivity index (χ2v) is 2.98. The van der Waals surface area contributed by atoms with E-state index in [1.165, 1.54) is 6.07 Å². The van der Waals surface area contributed by atoms with Crippen molar-refractivity contribution >= 4 is 0 Å². The van der Waals surface area contributed by atoms with Gasteiger partial charge >= 0.3 is 62.2 Å². The first-order chi connectivity index (χ1) is 6.69. The van der Waals surface area contributed by atoms with Crippen LogP contribution in [0.1, 0.15) is 25.0 Å². The molecule has 0 bridgehead atoms. The maximum atomic E-state index is 13.3. The smallest absolute Gasteiger partial charge is 0.443 e. The van der Waals surface area contributed by atoms with Crippen LogP contribution >= 0.6 is 0 Å². The van der Waals surface area contributed by atoms with Crippen LogP contribution in [0, 0.1) is 94.6 Å². The van der Waals surface area contributed by atoms with Gasteiger partial charge in [0, 0.05) is 5.82 Å². The molecule has 1 aromatic carbocycles. The number of rotatable bonds is 4. The fourth-order valence-electron chi connectivity index (χ4n) is 1.22. The van der Waals surface area contributed by atoms with Gasteiger partial charge < -0.3 is 19.1 Å². The maximum Gasteiger partial charge on any atom is 2.00 e. The monoisotopic (exact) mass is 684 g/mol. The Morgan fingerprint density at radius 3 is 2.53 bits per heavy atom. The van der Waals surface area contributed by atoms with Gasteiger partial charge in [-0.15, -0.1) is 11.6 Å². The Kier molecular flexibility index (Phi) is 16.6. The topological polar surface area (TPSA) is 9.23 Å². The molecule has 0 spiro atoms. The Morgan fingerprint density at radius 1 is 1.47 bits per heavy atom. The van der Waals surface area contributed by atoms with Crippen LogP contribution in [0.25, 0.3) is 0 Å².